The maximum atomic E-state index is 6.10. The molecule has 0 unspecified atom stereocenters. The fourth-order valence-corrected chi connectivity index (χ4v) is 2.02. The van der Waals surface area contributed by atoms with Crippen LogP contribution in [0.3, 0.4) is 0 Å². The van der Waals surface area contributed by atoms with Gasteiger partial charge >= 0.3 is 0 Å². The first-order valence-electron chi connectivity index (χ1n) is 5.69. The maximum Gasteiger partial charge on any atom is 0.0602 e. The van der Waals surface area contributed by atoms with Gasteiger partial charge in [0.25, 0.3) is 0 Å². The minimum atomic E-state index is -0.154. The second-order valence-corrected chi connectivity index (χ2v) is 5.03. The molecule has 0 radical (unpaired) electrons. The van der Waals surface area contributed by atoms with Gasteiger partial charge in [0.1, 0.15) is 0 Å². The summed E-state index contributed by atoms with van der Waals surface area (Å²) in [6, 6.07) is 11.9. The van der Waals surface area contributed by atoms with E-state index >= 15 is 0 Å². The summed E-state index contributed by atoms with van der Waals surface area (Å²) >= 11 is 5.86. The molecule has 86 valence electrons. The lowest BCUT2D eigenvalue weighted by atomic mass is 10.1. The van der Waals surface area contributed by atoms with E-state index in [0.717, 1.165) is 34.7 Å². The number of hydrogen-bond acceptors (Lipinski definition) is 2. The minimum absolute atomic E-state index is 0.154. The summed E-state index contributed by atoms with van der Waals surface area (Å²) in [5, 5.41) is 0.747. The van der Waals surface area contributed by atoms with E-state index in [1.54, 1.807) is 0 Å². The number of nitrogens with two attached hydrogens (primary N) is 1. The molecule has 0 atom stereocenters. The summed E-state index contributed by atoms with van der Waals surface area (Å²) in [5.74, 6) is 0. The Hall–Kier alpha value is -1.38. The fraction of sp³-hybridized carbons (Fsp3) is 0.214. The molecule has 17 heavy (non-hydrogen) atoms. The van der Waals surface area contributed by atoms with Crippen molar-refractivity contribution in [3.63, 3.8) is 0 Å². The van der Waals surface area contributed by atoms with Gasteiger partial charge in [-0.2, -0.15) is 0 Å². The van der Waals surface area contributed by atoms with Gasteiger partial charge in [-0.1, -0.05) is 29.8 Å². The highest BCUT2D eigenvalue weighted by Crippen LogP contribution is 2.41. The highest BCUT2D eigenvalue weighted by Gasteiger charge is 2.41. The number of nitrogens with zero attached hydrogens (tertiary/aromatic N) is 1. The summed E-state index contributed by atoms with van der Waals surface area (Å²) in [5.41, 5.74) is 9.15. The van der Waals surface area contributed by atoms with Crippen LogP contribution in [0, 0.1) is 0 Å². The molecule has 0 bridgehead atoms. The Labute approximate surface area is 105 Å². The van der Waals surface area contributed by atoms with Crippen molar-refractivity contribution in [3.8, 4) is 11.1 Å². The van der Waals surface area contributed by atoms with Gasteiger partial charge in [0, 0.05) is 16.8 Å². The molecule has 0 spiro atoms. The fourth-order valence-electron chi connectivity index (χ4n) is 1.89. The Morgan fingerprint density at radius 3 is 2.18 bits per heavy atom. The molecular formula is C14H13ClN2. The summed E-state index contributed by atoms with van der Waals surface area (Å²) in [6.45, 7) is 0. The third kappa shape index (κ3) is 2.06. The molecule has 2 nitrogen and oxygen atoms in total. The van der Waals surface area contributed by atoms with E-state index in [1.165, 1.54) is 0 Å². The summed E-state index contributed by atoms with van der Waals surface area (Å²) in [6.07, 6.45) is 3.96. The third-order valence-corrected chi connectivity index (χ3v) is 3.49. The lowest BCUT2D eigenvalue weighted by molar-refractivity contribution is 0.708. The van der Waals surface area contributed by atoms with E-state index in [9.17, 15) is 0 Å². The molecule has 1 saturated carbocycles. The number of hydrogen-bond donors (Lipinski definition) is 1. The lowest BCUT2D eigenvalue weighted by Crippen LogP contribution is -2.19. The normalized spacial score (nSPS) is 16.8. The molecule has 3 rings (SSSR count). The molecule has 1 aromatic heterocycles. The second kappa shape index (κ2) is 3.83. The Bertz CT molecular complexity index is 527. The predicted molar refractivity (Wildman–Crippen MR) is 69.8 cm³/mol. The Morgan fingerprint density at radius 1 is 1.00 bits per heavy atom. The van der Waals surface area contributed by atoms with E-state index < -0.39 is 0 Å². The molecule has 3 heteroatoms. The van der Waals surface area contributed by atoms with Crippen LogP contribution in [-0.4, -0.2) is 4.98 Å². The number of pyridine rings is 1. The molecule has 1 aliphatic carbocycles. The van der Waals surface area contributed by atoms with Crippen molar-refractivity contribution in [2.45, 2.75) is 18.4 Å². The van der Waals surface area contributed by atoms with Gasteiger partial charge in [-0.15, -0.1) is 0 Å². The van der Waals surface area contributed by atoms with Crippen molar-refractivity contribution >= 4 is 11.6 Å². The minimum Gasteiger partial charge on any atom is -0.320 e. The third-order valence-electron chi connectivity index (χ3n) is 3.24. The zero-order chi connectivity index (χ0) is 11.9. The van der Waals surface area contributed by atoms with Gasteiger partial charge in [-0.05, 0) is 36.6 Å². The topological polar surface area (TPSA) is 38.9 Å². The number of aromatic nitrogens is 1. The van der Waals surface area contributed by atoms with E-state index in [1.807, 2.05) is 36.5 Å². The van der Waals surface area contributed by atoms with E-state index in [0.29, 0.717) is 0 Å². The van der Waals surface area contributed by atoms with Crippen LogP contribution in [0.5, 0.6) is 0 Å². The van der Waals surface area contributed by atoms with Gasteiger partial charge in [0.15, 0.2) is 0 Å². The average Bonchev–Trinajstić information content (AvgIpc) is 3.10. The molecule has 2 N–H and O–H groups in total. The van der Waals surface area contributed by atoms with Crippen LogP contribution >= 0.6 is 11.6 Å². The van der Waals surface area contributed by atoms with Crippen LogP contribution in [0.4, 0.5) is 0 Å². The standard InChI is InChI=1S/C14H13ClN2/c15-12-4-1-10(2-5-12)11-3-6-13(17-9-11)14(16)7-8-14/h1-6,9H,7-8,16H2. The molecule has 1 heterocycles. The zero-order valence-corrected chi connectivity index (χ0v) is 10.1. The second-order valence-electron chi connectivity index (χ2n) is 4.60. The maximum absolute atomic E-state index is 6.10. The van der Waals surface area contributed by atoms with E-state index in [4.69, 9.17) is 17.3 Å². The van der Waals surface area contributed by atoms with Crippen molar-refractivity contribution in [2.24, 2.45) is 5.73 Å². The number of benzene rings is 1. The van der Waals surface area contributed by atoms with Crippen molar-refractivity contribution in [1.29, 1.82) is 0 Å². The van der Waals surface area contributed by atoms with Crippen LogP contribution in [-0.2, 0) is 5.54 Å². The molecule has 1 fully saturated rings. The zero-order valence-electron chi connectivity index (χ0n) is 9.36. The molecule has 0 saturated heterocycles. The molecule has 1 aromatic carbocycles. The smallest absolute Gasteiger partial charge is 0.0602 e. The van der Waals surface area contributed by atoms with Gasteiger partial charge < -0.3 is 5.73 Å². The van der Waals surface area contributed by atoms with E-state index in [-0.39, 0.29) is 5.54 Å². The van der Waals surface area contributed by atoms with Gasteiger partial charge in [-0.25, -0.2) is 0 Å². The van der Waals surface area contributed by atoms with Crippen molar-refractivity contribution in [2.75, 3.05) is 0 Å². The summed E-state index contributed by atoms with van der Waals surface area (Å²) in [7, 11) is 0. The van der Waals surface area contributed by atoms with Crippen molar-refractivity contribution < 1.29 is 0 Å². The predicted octanol–water partition coefficient (Wildman–Crippen LogP) is 3.35. The Kier molecular flexibility index (Phi) is 2.42. The SMILES string of the molecule is NC1(c2ccc(-c3ccc(Cl)cc3)cn2)CC1. The van der Waals surface area contributed by atoms with Gasteiger partial charge in [0.05, 0.1) is 11.2 Å². The van der Waals surface area contributed by atoms with Crippen LogP contribution in [0.25, 0.3) is 11.1 Å². The summed E-state index contributed by atoms with van der Waals surface area (Å²) < 4.78 is 0. The van der Waals surface area contributed by atoms with Crippen LogP contribution < -0.4 is 5.73 Å². The molecule has 0 aliphatic heterocycles. The first-order chi connectivity index (χ1) is 8.17. The van der Waals surface area contributed by atoms with Crippen LogP contribution in [0.1, 0.15) is 18.5 Å². The van der Waals surface area contributed by atoms with Crippen molar-refractivity contribution in [1.82, 2.24) is 4.98 Å². The first kappa shape index (κ1) is 10.8. The highest BCUT2D eigenvalue weighted by atomic mass is 35.5. The van der Waals surface area contributed by atoms with Crippen LogP contribution in [0.15, 0.2) is 42.6 Å². The van der Waals surface area contributed by atoms with Crippen LogP contribution in [0.2, 0.25) is 5.02 Å². The summed E-state index contributed by atoms with van der Waals surface area (Å²) in [4.78, 5) is 4.45. The molecule has 1 aliphatic rings. The quantitative estimate of drug-likeness (QED) is 0.880. The number of rotatable bonds is 2. The number of halogens is 1. The molecular weight excluding hydrogens is 232 g/mol. The Balaban J connectivity index is 1.91. The Morgan fingerprint density at radius 2 is 1.65 bits per heavy atom. The molecule has 2 aromatic rings. The van der Waals surface area contributed by atoms with E-state index in [2.05, 4.69) is 11.1 Å². The average molecular weight is 245 g/mol. The first-order valence-corrected chi connectivity index (χ1v) is 6.07. The largest absolute Gasteiger partial charge is 0.320 e. The monoisotopic (exact) mass is 244 g/mol. The lowest BCUT2D eigenvalue weighted by Gasteiger charge is -2.08. The highest BCUT2D eigenvalue weighted by molar-refractivity contribution is 6.30. The van der Waals surface area contributed by atoms with Gasteiger partial charge in [0.2, 0.25) is 0 Å². The van der Waals surface area contributed by atoms with Crippen molar-refractivity contribution in [3.05, 3.63) is 53.3 Å². The molecule has 0 amide bonds. The van der Waals surface area contributed by atoms with Gasteiger partial charge in [-0.3, -0.25) is 4.98 Å².